The maximum absolute atomic E-state index is 11.8. The van der Waals surface area contributed by atoms with Crippen molar-refractivity contribution in [2.45, 2.75) is 45.6 Å². The maximum Gasteiger partial charge on any atom is 0.223 e. The summed E-state index contributed by atoms with van der Waals surface area (Å²) in [5, 5.41) is 12.8. The van der Waals surface area contributed by atoms with Crippen molar-refractivity contribution in [3.05, 3.63) is 0 Å². The van der Waals surface area contributed by atoms with E-state index in [9.17, 15) is 9.90 Å². The fourth-order valence-corrected chi connectivity index (χ4v) is 2.31. The van der Waals surface area contributed by atoms with Gasteiger partial charge in [-0.05, 0) is 18.8 Å². The molecular weight excluding hydrogens is 218 g/mol. The molecule has 1 aliphatic rings. The van der Waals surface area contributed by atoms with Crippen LogP contribution in [0.5, 0.6) is 0 Å². The molecule has 0 saturated carbocycles. The quantitative estimate of drug-likeness (QED) is 0.740. The largest absolute Gasteiger partial charge is 0.391 e. The lowest BCUT2D eigenvalue weighted by atomic mass is 9.95. The molecule has 1 rings (SSSR count). The minimum absolute atomic E-state index is 0.0673. The Morgan fingerprint density at radius 3 is 2.47 bits per heavy atom. The molecule has 1 heterocycles. The van der Waals surface area contributed by atoms with Crippen LogP contribution in [-0.4, -0.2) is 36.9 Å². The van der Waals surface area contributed by atoms with E-state index >= 15 is 0 Å². The highest BCUT2D eigenvalue weighted by molar-refractivity contribution is 5.78. The zero-order valence-electron chi connectivity index (χ0n) is 10.9. The molecular formula is C13H25NO3. The highest BCUT2D eigenvalue weighted by Gasteiger charge is 2.23. The Bertz CT molecular complexity index is 223. The second-order valence-electron chi connectivity index (χ2n) is 4.78. The molecule has 1 atom stereocenters. The van der Waals surface area contributed by atoms with Gasteiger partial charge in [0.1, 0.15) is 0 Å². The molecule has 0 aliphatic carbocycles. The van der Waals surface area contributed by atoms with Crippen molar-refractivity contribution >= 4 is 5.91 Å². The first kappa shape index (κ1) is 14.5. The molecule has 100 valence electrons. The third-order valence-corrected chi connectivity index (χ3v) is 3.67. The van der Waals surface area contributed by atoms with E-state index in [4.69, 9.17) is 4.74 Å². The fourth-order valence-electron chi connectivity index (χ4n) is 2.31. The number of hydrogen-bond acceptors (Lipinski definition) is 3. The van der Waals surface area contributed by atoms with Crippen LogP contribution < -0.4 is 5.32 Å². The molecule has 4 heteroatoms. The van der Waals surface area contributed by atoms with Gasteiger partial charge in [0.15, 0.2) is 0 Å². The first-order chi connectivity index (χ1) is 8.19. The Hall–Kier alpha value is -0.610. The normalized spacial score (nSPS) is 19.3. The fraction of sp³-hybridized carbons (Fsp3) is 0.923. The lowest BCUT2D eigenvalue weighted by Crippen LogP contribution is -2.40. The Balaban J connectivity index is 2.26. The smallest absolute Gasteiger partial charge is 0.223 e. The monoisotopic (exact) mass is 243 g/mol. The van der Waals surface area contributed by atoms with Gasteiger partial charge in [0, 0.05) is 25.7 Å². The summed E-state index contributed by atoms with van der Waals surface area (Å²) in [5.74, 6) is 0.418. The zero-order valence-corrected chi connectivity index (χ0v) is 10.9. The zero-order chi connectivity index (χ0) is 12.7. The molecule has 0 aromatic carbocycles. The highest BCUT2D eigenvalue weighted by atomic mass is 16.5. The number of nitrogens with one attached hydrogen (secondary N) is 1. The number of ether oxygens (including phenoxy) is 1. The van der Waals surface area contributed by atoms with Crippen LogP contribution in [0.2, 0.25) is 0 Å². The summed E-state index contributed by atoms with van der Waals surface area (Å²) in [6.45, 7) is 5.86. The summed E-state index contributed by atoms with van der Waals surface area (Å²) in [5.41, 5.74) is 0. The standard InChI is InChI=1S/C13H25NO3/c1-3-10(4-2)12(15)9-14-13(16)11-5-7-17-8-6-11/h10-12,15H,3-9H2,1-2H3,(H,14,16). The SMILES string of the molecule is CCC(CC)C(O)CNC(=O)C1CCOCC1. The Morgan fingerprint density at radius 1 is 1.35 bits per heavy atom. The first-order valence-corrected chi connectivity index (χ1v) is 6.72. The van der Waals surface area contributed by atoms with Crippen LogP contribution in [0.15, 0.2) is 0 Å². The summed E-state index contributed by atoms with van der Waals surface area (Å²) in [4.78, 5) is 11.8. The number of aliphatic hydroxyl groups excluding tert-OH is 1. The number of rotatable bonds is 6. The first-order valence-electron chi connectivity index (χ1n) is 6.72. The lowest BCUT2D eigenvalue weighted by molar-refractivity contribution is -0.128. The molecule has 1 aliphatic heterocycles. The van der Waals surface area contributed by atoms with Gasteiger partial charge in [0.05, 0.1) is 6.10 Å². The molecule has 0 aromatic heterocycles. The van der Waals surface area contributed by atoms with E-state index in [0.717, 1.165) is 25.7 Å². The van der Waals surface area contributed by atoms with Gasteiger partial charge in [-0.3, -0.25) is 4.79 Å². The predicted octanol–water partition coefficient (Wildman–Crippen LogP) is 1.33. The number of amides is 1. The van der Waals surface area contributed by atoms with Gasteiger partial charge in [-0.25, -0.2) is 0 Å². The summed E-state index contributed by atoms with van der Waals surface area (Å²) >= 11 is 0. The summed E-state index contributed by atoms with van der Waals surface area (Å²) < 4.78 is 5.22. The van der Waals surface area contributed by atoms with Crippen molar-refractivity contribution in [1.82, 2.24) is 5.32 Å². The van der Waals surface area contributed by atoms with Crippen LogP contribution in [0.25, 0.3) is 0 Å². The van der Waals surface area contributed by atoms with Crippen molar-refractivity contribution in [2.24, 2.45) is 11.8 Å². The van der Waals surface area contributed by atoms with Crippen molar-refractivity contribution in [1.29, 1.82) is 0 Å². The molecule has 1 saturated heterocycles. The van der Waals surface area contributed by atoms with Crippen molar-refractivity contribution in [3.8, 4) is 0 Å². The van der Waals surface area contributed by atoms with Crippen LogP contribution in [-0.2, 0) is 9.53 Å². The maximum atomic E-state index is 11.8. The van der Waals surface area contributed by atoms with Crippen molar-refractivity contribution < 1.29 is 14.6 Å². The van der Waals surface area contributed by atoms with E-state index < -0.39 is 6.10 Å². The topological polar surface area (TPSA) is 58.6 Å². The average Bonchev–Trinajstić information content (AvgIpc) is 2.38. The average molecular weight is 243 g/mol. The summed E-state index contributed by atoms with van der Waals surface area (Å²) in [6, 6.07) is 0. The van der Waals surface area contributed by atoms with Crippen molar-refractivity contribution in [3.63, 3.8) is 0 Å². The van der Waals surface area contributed by atoms with E-state index in [1.54, 1.807) is 0 Å². The molecule has 1 amide bonds. The number of hydrogen-bond donors (Lipinski definition) is 2. The summed E-state index contributed by atoms with van der Waals surface area (Å²) in [6.07, 6.45) is 3.07. The molecule has 2 N–H and O–H groups in total. The Labute approximate surface area is 104 Å². The molecule has 0 spiro atoms. The van der Waals surface area contributed by atoms with E-state index in [1.165, 1.54) is 0 Å². The molecule has 17 heavy (non-hydrogen) atoms. The number of aliphatic hydroxyl groups is 1. The van der Waals surface area contributed by atoms with Crippen LogP contribution in [0.3, 0.4) is 0 Å². The lowest BCUT2D eigenvalue weighted by Gasteiger charge is -2.24. The minimum atomic E-state index is -0.422. The van der Waals surface area contributed by atoms with Gasteiger partial charge in [-0.15, -0.1) is 0 Å². The molecule has 0 aromatic rings. The molecule has 0 radical (unpaired) electrons. The van der Waals surface area contributed by atoms with Gasteiger partial charge in [0.2, 0.25) is 5.91 Å². The van der Waals surface area contributed by atoms with Gasteiger partial charge >= 0.3 is 0 Å². The number of carbonyl (C=O) groups excluding carboxylic acids is 1. The third-order valence-electron chi connectivity index (χ3n) is 3.67. The Morgan fingerprint density at radius 2 is 1.94 bits per heavy atom. The van der Waals surface area contributed by atoms with Crippen LogP contribution in [0.1, 0.15) is 39.5 Å². The molecule has 1 unspecified atom stereocenters. The van der Waals surface area contributed by atoms with Crippen molar-refractivity contribution in [2.75, 3.05) is 19.8 Å². The second-order valence-corrected chi connectivity index (χ2v) is 4.78. The highest BCUT2D eigenvalue weighted by Crippen LogP contribution is 2.15. The van der Waals surface area contributed by atoms with Gasteiger partial charge in [-0.1, -0.05) is 26.7 Å². The van der Waals surface area contributed by atoms with Gasteiger partial charge in [0.25, 0.3) is 0 Å². The molecule has 4 nitrogen and oxygen atoms in total. The molecule has 0 bridgehead atoms. The van der Waals surface area contributed by atoms with Crippen LogP contribution >= 0.6 is 0 Å². The van der Waals surface area contributed by atoms with Crippen LogP contribution in [0.4, 0.5) is 0 Å². The second kappa shape index (κ2) is 7.67. The predicted molar refractivity (Wildman–Crippen MR) is 66.6 cm³/mol. The molecule has 1 fully saturated rings. The third kappa shape index (κ3) is 4.64. The number of carbonyl (C=O) groups is 1. The van der Waals surface area contributed by atoms with E-state index in [2.05, 4.69) is 19.2 Å². The van der Waals surface area contributed by atoms with Crippen LogP contribution in [0, 0.1) is 11.8 Å². The summed E-state index contributed by atoms with van der Waals surface area (Å²) in [7, 11) is 0. The van der Waals surface area contributed by atoms with E-state index in [1.807, 2.05) is 0 Å². The van der Waals surface area contributed by atoms with E-state index in [-0.39, 0.29) is 17.7 Å². The van der Waals surface area contributed by atoms with E-state index in [0.29, 0.717) is 19.8 Å². The van der Waals surface area contributed by atoms with Gasteiger partial charge in [-0.2, -0.15) is 0 Å². The van der Waals surface area contributed by atoms with Gasteiger partial charge < -0.3 is 15.2 Å². The Kier molecular flexibility index (Phi) is 6.52. The minimum Gasteiger partial charge on any atom is -0.391 e.